The molecule has 2 aromatic heterocycles. The zero-order chi connectivity index (χ0) is 17.8. The highest BCUT2D eigenvalue weighted by Gasteiger charge is 2.19. The molecular weight excluding hydrogens is 416 g/mol. The first-order chi connectivity index (χ1) is 12.0. The van der Waals surface area contributed by atoms with Gasteiger partial charge in [0.15, 0.2) is 17.4 Å². The van der Waals surface area contributed by atoms with Crippen LogP contribution in [-0.2, 0) is 0 Å². The Labute approximate surface area is 164 Å². The molecule has 0 atom stereocenters. The van der Waals surface area contributed by atoms with Gasteiger partial charge in [0.25, 0.3) is 0 Å². The molecule has 0 bridgehead atoms. The molecule has 3 nitrogen and oxygen atoms in total. The average molecular weight is 431 g/mol. The van der Waals surface area contributed by atoms with Crippen molar-refractivity contribution in [2.75, 3.05) is 5.32 Å². The molecular formula is C19H15BrN2OS2. The second-order valence-electron chi connectivity index (χ2n) is 5.39. The van der Waals surface area contributed by atoms with Crippen molar-refractivity contribution in [1.29, 1.82) is 0 Å². The van der Waals surface area contributed by atoms with Crippen LogP contribution in [0.25, 0.3) is 11.5 Å². The Morgan fingerprint density at radius 1 is 1.12 bits per heavy atom. The first-order valence-corrected chi connectivity index (χ1v) is 9.58. The smallest absolute Gasteiger partial charge is 0.239 e. The predicted molar refractivity (Wildman–Crippen MR) is 109 cm³/mol. The standard InChI is InChI=1S/C19H15BrN2OS2/c1-13-6-5-11-22(12-13)17(18(23)15-9-10-16(20)25-15)19(24)21-14-7-3-2-4-8-14/h2-12H,1H3,(H-,21,23,24). The van der Waals surface area contributed by atoms with Crippen LogP contribution in [0.1, 0.15) is 10.4 Å². The molecule has 2 heterocycles. The van der Waals surface area contributed by atoms with E-state index in [4.69, 9.17) is 12.2 Å². The van der Waals surface area contributed by atoms with Crippen LogP contribution in [-0.4, -0.2) is 4.99 Å². The molecule has 6 heteroatoms. The van der Waals surface area contributed by atoms with Gasteiger partial charge in [0, 0.05) is 22.2 Å². The van der Waals surface area contributed by atoms with Crippen molar-refractivity contribution in [2.45, 2.75) is 6.92 Å². The summed E-state index contributed by atoms with van der Waals surface area (Å²) in [5.41, 5.74) is 2.32. The predicted octanol–water partition coefficient (Wildman–Crippen LogP) is 4.23. The van der Waals surface area contributed by atoms with Crippen LogP contribution in [0.5, 0.6) is 0 Å². The van der Waals surface area contributed by atoms with Gasteiger partial charge >= 0.3 is 0 Å². The van der Waals surface area contributed by atoms with E-state index in [1.54, 1.807) is 10.6 Å². The van der Waals surface area contributed by atoms with Gasteiger partial charge in [0.1, 0.15) is 0 Å². The molecule has 0 aliphatic carbocycles. The Bertz CT molecular complexity index is 935. The average Bonchev–Trinajstić information content (AvgIpc) is 3.02. The first kappa shape index (κ1) is 17.8. The largest absolute Gasteiger partial charge is 0.867 e. The van der Waals surface area contributed by atoms with E-state index < -0.39 is 0 Å². The maximum Gasteiger partial charge on any atom is 0.239 e. The summed E-state index contributed by atoms with van der Waals surface area (Å²) in [6.07, 6.45) is 3.73. The summed E-state index contributed by atoms with van der Waals surface area (Å²) in [5, 5.41) is 16.3. The molecule has 126 valence electrons. The summed E-state index contributed by atoms with van der Waals surface area (Å²) in [6, 6.07) is 17.1. The zero-order valence-corrected chi connectivity index (χ0v) is 16.6. The molecule has 0 saturated heterocycles. The number of benzene rings is 1. The molecule has 25 heavy (non-hydrogen) atoms. The maximum absolute atomic E-state index is 13.1. The van der Waals surface area contributed by atoms with Crippen LogP contribution in [0.4, 0.5) is 5.69 Å². The monoisotopic (exact) mass is 430 g/mol. The lowest BCUT2D eigenvalue weighted by Gasteiger charge is -2.15. The fourth-order valence-electron chi connectivity index (χ4n) is 2.33. The lowest BCUT2D eigenvalue weighted by atomic mass is 10.2. The fraction of sp³-hybridized carbons (Fsp3) is 0.0526. The van der Waals surface area contributed by atoms with Crippen molar-refractivity contribution < 1.29 is 9.67 Å². The number of hydrogen-bond acceptors (Lipinski definition) is 3. The maximum atomic E-state index is 13.1. The van der Waals surface area contributed by atoms with Crippen molar-refractivity contribution in [3.8, 4) is 0 Å². The highest BCUT2D eigenvalue weighted by atomic mass is 79.9. The van der Waals surface area contributed by atoms with E-state index in [1.165, 1.54) is 11.3 Å². The third-order valence-electron chi connectivity index (χ3n) is 3.47. The fourth-order valence-corrected chi connectivity index (χ4v) is 3.98. The van der Waals surface area contributed by atoms with E-state index in [0.717, 1.165) is 15.0 Å². The topological polar surface area (TPSA) is 39.0 Å². The highest BCUT2D eigenvalue weighted by molar-refractivity contribution is 9.11. The molecule has 1 N–H and O–H groups in total. The van der Waals surface area contributed by atoms with Crippen LogP contribution in [0.15, 0.2) is 70.8 Å². The van der Waals surface area contributed by atoms with Gasteiger partial charge in [0.05, 0.1) is 3.79 Å². The molecule has 0 amide bonds. The van der Waals surface area contributed by atoms with Gasteiger partial charge in [-0.1, -0.05) is 30.4 Å². The van der Waals surface area contributed by atoms with E-state index in [-0.39, 0.29) is 5.76 Å². The summed E-state index contributed by atoms with van der Waals surface area (Å²) in [6.45, 7) is 1.98. The summed E-state index contributed by atoms with van der Waals surface area (Å²) >= 11 is 10.4. The van der Waals surface area contributed by atoms with E-state index in [9.17, 15) is 5.11 Å². The van der Waals surface area contributed by atoms with Gasteiger partial charge in [-0.3, -0.25) is 0 Å². The van der Waals surface area contributed by atoms with Crippen LogP contribution in [0.2, 0.25) is 0 Å². The van der Waals surface area contributed by atoms with E-state index >= 15 is 0 Å². The van der Waals surface area contributed by atoms with Gasteiger partial charge in [0.2, 0.25) is 5.70 Å². The second-order valence-corrected chi connectivity index (χ2v) is 8.26. The molecule has 3 aromatic rings. The molecule has 0 aliphatic rings. The third kappa shape index (κ3) is 4.34. The number of pyridine rings is 1. The molecule has 0 spiro atoms. The van der Waals surface area contributed by atoms with Gasteiger partial charge < -0.3 is 10.4 Å². The van der Waals surface area contributed by atoms with Crippen molar-refractivity contribution in [3.05, 3.63) is 81.2 Å². The summed E-state index contributed by atoms with van der Waals surface area (Å²) in [5.74, 6) is -0.111. The number of nitrogens with one attached hydrogen (secondary N) is 1. The Morgan fingerprint density at radius 2 is 1.88 bits per heavy atom. The Balaban J connectivity index is 2.07. The first-order valence-electron chi connectivity index (χ1n) is 7.56. The number of nitrogens with zero attached hydrogens (tertiary/aromatic N) is 1. The lowest BCUT2D eigenvalue weighted by Crippen LogP contribution is -2.40. The van der Waals surface area contributed by atoms with Crippen LogP contribution >= 0.6 is 39.5 Å². The summed E-state index contributed by atoms with van der Waals surface area (Å²) in [7, 11) is 0. The van der Waals surface area contributed by atoms with Crippen molar-refractivity contribution in [1.82, 2.24) is 0 Å². The normalized spacial score (nSPS) is 11.8. The zero-order valence-electron chi connectivity index (χ0n) is 13.4. The number of aryl methyl sites for hydroxylation is 1. The molecule has 0 saturated carbocycles. The number of halogens is 1. The molecule has 3 rings (SSSR count). The number of hydrogen-bond donors (Lipinski definition) is 1. The number of rotatable bonds is 4. The summed E-state index contributed by atoms with van der Waals surface area (Å²) < 4.78 is 2.69. The number of aromatic nitrogens is 1. The molecule has 0 aliphatic heterocycles. The number of para-hydroxylation sites is 1. The Morgan fingerprint density at radius 3 is 2.52 bits per heavy atom. The molecule has 0 unspecified atom stereocenters. The van der Waals surface area contributed by atoms with Crippen LogP contribution < -0.4 is 15.0 Å². The quantitative estimate of drug-likeness (QED) is 0.291. The van der Waals surface area contributed by atoms with Crippen molar-refractivity contribution in [2.24, 2.45) is 0 Å². The van der Waals surface area contributed by atoms with Crippen LogP contribution in [0, 0.1) is 6.92 Å². The van der Waals surface area contributed by atoms with Crippen molar-refractivity contribution in [3.63, 3.8) is 0 Å². The van der Waals surface area contributed by atoms with Crippen molar-refractivity contribution >= 4 is 61.6 Å². The van der Waals surface area contributed by atoms with Gasteiger partial charge in [-0.05, 0) is 58.9 Å². The summed E-state index contributed by atoms with van der Waals surface area (Å²) in [4.78, 5) is 1.02. The van der Waals surface area contributed by atoms with E-state index in [1.807, 2.05) is 67.8 Å². The van der Waals surface area contributed by atoms with E-state index in [2.05, 4.69) is 21.2 Å². The second kappa shape index (κ2) is 7.91. The van der Waals surface area contributed by atoms with Gasteiger partial charge in [-0.15, -0.1) is 11.3 Å². The van der Waals surface area contributed by atoms with Crippen LogP contribution in [0.3, 0.4) is 0 Å². The van der Waals surface area contributed by atoms with E-state index in [0.29, 0.717) is 15.6 Å². The molecule has 0 fully saturated rings. The number of anilines is 1. The van der Waals surface area contributed by atoms with Gasteiger partial charge in [-0.25, -0.2) is 0 Å². The third-order valence-corrected chi connectivity index (χ3v) is 5.38. The minimum absolute atomic E-state index is 0.111. The molecule has 1 aromatic carbocycles. The highest BCUT2D eigenvalue weighted by Crippen LogP contribution is 2.27. The Hall–Kier alpha value is -2.02. The van der Waals surface area contributed by atoms with Gasteiger partial charge in [-0.2, -0.15) is 4.57 Å². The Kier molecular flexibility index (Phi) is 5.63. The number of thiocarbonyl (C=S) groups is 1. The number of thiophene rings is 1. The lowest BCUT2D eigenvalue weighted by molar-refractivity contribution is -0.578. The minimum Gasteiger partial charge on any atom is -0.867 e. The SMILES string of the molecule is Cc1ccc[n+](C(C(=S)Nc2ccccc2)=C([O-])c2ccc(Br)s2)c1. The minimum atomic E-state index is -0.111. The molecule has 0 radical (unpaired) electrons.